The molecule has 0 radical (unpaired) electrons. The lowest BCUT2D eigenvalue weighted by molar-refractivity contribution is 0.489. The molecule has 0 aromatic carbocycles. The Hall–Kier alpha value is -3.95. The lowest BCUT2D eigenvalue weighted by Gasteiger charge is -2.11. The molecular formula is C28H26N8S. The lowest BCUT2D eigenvalue weighted by atomic mass is 10.1. The molecule has 8 nitrogen and oxygen atoms in total. The molecule has 184 valence electrons. The monoisotopic (exact) mass is 506 g/mol. The number of H-pyrrole nitrogens is 2. The molecule has 3 N–H and O–H groups in total. The molecule has 6 aromatic rings. The molecule has 1 saturated carbocycles. The second-order valence-electron chi connectivity index (χ2n) is 9.67. The first-order valence-corrected chi connectivity index (χ1v) is 13.6. The molecule has 7 rings (SSSR count). The second-order valence-corrected chi connectivity index (χ2v) is 10.6. The summed E-state index contributed by atoms with van der Waals surface area (Å²) in [6, 6.07) is 10.4. The summed E-state index contributed by atoms with van der Waals surface area (Å²) >= 11 is 1.70. The molecule has 0 saturated heterocycles. The van der Waals surface area contributed by atoms with Crippen LogP contribution in [0.1, 0.15) is 31.2 Å². The Kier molecular flexibility index (Phi) is 5.71. The molecule has 1 fully saturated rings. The van der Waals surface area contributed by atoms with E-state index in [1.807, 2.05) is 24.7 Å². The second kappa shape index (κ2) is 9.49. The van der Waals surface area contributed by atoms with E-state index in [9.17, 15) is 0 Å². The van der Waals surface area contributed by atoms with E-state index < -0.39 is 0 Å². The van der Waals surface area contributed by atoms with E-state index in [1.54, 1.807) is 17.5 Å². The number of nitrogens with zero attached hydrogens (tertiary/aromatic N) is 5. The van der Waals surface area contributed by atoms with E-state index in [0.717, 1.165) is 63.5 Å². The number of nitrogens with one attached hydrogen (secondary N) is 3. The SMILES string of the molecule is c1csc(-c2ccnc3nc(-c4n[nH]c5cnc(-c6cncc(CNCC7CCCC7)c6)cc45)[nH]c23)c1. The summed E-state index contributed by atoms with van der Waals surface area (Å²) in [5.74, 6) is 1.49. The van der Waals surface area contributed by atoms with Crippen molar-refractivity contribution in [1.29, 1.82) is 0 Å². The van der Waals surface area contributed by atoms with Gasteiger partial charge in [-0.25, -0.2) is 9.97 Å². The van der Waals surface area contributed by atoms with Crippen LogP contribution in [0, 0.1) is 5.92 Å². The quantitative estimate of drug-likeness (QED) is 0.246. The highest BCUT2D eigenvalue weighted by molar-refractivity contribution is 7.13. The van der Waals surface area contributed by atoms with Crippen molar-refractivity contribution in [3.05, 3.63) is 66.1 Å². The zero-order valence-electron chi connectivity index (χ0n) is 20.2. The van der Waals surface area contributed by atoms with Gasteiger partial charge in [0.1, 0.15) is 5.69 Å². The molecule has 37 heavy (non-hydrogen) atoms. The van der Waals surface area contributed by atoms with Crippen molar-refractivity contribution in [2.45, 2.75) is 32.2 Å². The third-order valence-corrected chi connectivity index (χ3v) is 8.08. The van der Waals surface area contributed by atoms with Crippen molar-refractivity contribution in [3.63, 3.8) is 0 Å². The van der Waals surface area contributed by atoms with Crippen LogP contribution < -0.4 is 5.32 Å². The Labute approximate surface area is 217 Å². The first-order valence-electron chi connectivity index (χ1n) is 12.7. The average Bonchev–Trinajstić information content (AvgIpc) is 3.74. The normalized spacial score (nSPS) is 14.3. The van der Waals surface area contributed by atoms with Crippen molar-refractivity contribution in [2.24, 2.45) is 5.92 Å². The number of hydrogen-bond acceptors (Lipinski definition) is 7. The molecule has 0 atom stereocenters. The van der Waals surface area contributed by atoms with Gasteiger partial charge in [-0.15, -0.1) is 11.3 Å². The first kappa shape index (κ1) is 22.3. The standard InChI is InChI=1S/C28H26N8S/c1-2-5-17(4-1)12-29-13-18-10-19(15-30-14-18)22-11-21-23(16-32-22)35-36-26(21)28-33-25-20(24-6-3-9-37-24)7-8-31-27(25)34-28/h3,6-11,14-17,29H,1-2,4-5,12-13H2,(H,35,36)(H,31,33,34). The summed E-state index contributed by atoms with van der Waals surface area (Å²) in [6.07, 6.45) is 12.9. The Bertz CT molecular complexity index is 1680. The summed E-state index contributed by atoms with van der Waals surface area (Å²) in [7, 11) is 0. The van der Waals surface area contributed by atoms with Crippen LogP contribution in [0.5, 0.6) is 0 Å². The lowest BCUT2D eigenvalue weighted by Crippen LogP contribution is -2.20. The van der Waals surface area contributed by atoms with Crippen molar-refractivity contribution in [2.75, 3.05) is 6.54 Å². The smallest absolute Gasteiger partial charge is 0.178 e. The number of hydrogen-bond donors (Lipinski definition) is 3. The van der Waals surface area contributed by atoms with Crippen LogP contribution in [0.25, 0.3) is 55.3 Å². The number of thiophene rings is 1. The van der Waals surface area contributed by atoms with Crippen LogP contribution in [-0.4, -0.2) is 41.7 Å². The molecule has 6 heterocycles. The maximum absolute atomic E-state index is 4.77. The largest absolute Gasteiger partial charge is 0.335 e. The minimum absolute atomic E-state index is 0.674. The summed E-state index contributed by atoms with van der Waals surface area (Å²) in [5.41, 5.74) is 7.28. The van der Waals surface area contributed by atoms with Crippen LogP contribution in [0.15, 0.2) is 60.5 Å². The summed E-state index contributed by atoms with van der Waals surface area (Å²) in [6.45, 7) is 1.89. The zero-order valence-corrected chi connectivity index (χ0v) is 21.1. The van der Waals surface area contributed by atoms with Gasteiger partial charge in [0.05, 0.1) is 22.9 Å². The molecule has 0 amide bonds. The van der Waals surface area contributed by atoms with Crippen molar-refractivity contribution in [3.8, 4) is 33.2 Å². The van der Waals surface area contributed by atoms with Gasteiger partial charge in [-0.3, -0.25) is 15.1 Å². The minimum atomic E-state index is 0.674. The van der Waals surface area contributed by atoms with Gasteiger partial charge in [-0.05, 0) is 60.5 Å². The van der Waals surface area contributed by atoms with Crippen LogP contribution in [0.2, 0.25) is 0 Å². The fraction of sp³-hybridized carbons (Fsp3) is 0.250. The van der Waals surface area contributed by atoms with Gasteiger partial charge in [-0.1, -0.05) is 18.9 Å². The van der Waals surface area contributed by atoms with Gasteiger partial charge in [0.2, 0.25) is 0 Å². The first-order chi connectivity index (χ1) is 18.3. The Morgan fingerprint density at radius 1 is 1.05 bits per heavy atom. The van der Waals surface area contributed by atoms with Gasteiger partial charge in [0.25, 0.3) is 0 Å². The van der Waals surface area contributed by atoms with Gasteiger partial charge >= 0.3 is 0 Å². The van der Waals surface area contributed by atoms with E-state index in [1.165, 1.54) is 30.6 Å². The van der Waals surface area contributed by atoms with Crippen LogP contribution >= 0.6 is 11.3 Å². The number of aromatic amines is 2. The van der Waals surface area contributed by atoms with Gasteiger partial charge < -0.3 is 10.3 Å². The Morgan fingerprint density at radius 2 is 2.00 bits per heavy atom. The van der Waals surface area contributed by atoms with E-state index in [2.05, 4.69) is 65.1 Å². The van der Waals surface area contributed by atoms with Gasteiger partial charge in [0.15, 0.2) is 11.5 Å². The zero-order chi connectivity index (χ0) is 24.6. The number of pyridine rings is 3. The Balaban J connectivity index is 1.20. The number of rotatable bonds is 7. The van der Waals surface area contributed by atoms with E-state index in [-0.39, 0.29) is 0 Å². The molecule has 1 aliphatic carbocycles. The third kappa shape index (κ3) is 4.30. The fourth-order valence-electron chi connectivity index (χ4n) is 5.27. The Morgan fingerprint density at radius 3 is 2.89 bits per heavy atom. The van der Waals surface area contributed by atoms with E-state index >= 15 is 0 Å². The molecule has 1 aliphatic rings. The van der Waals surface area contributed by atoms with Crippen LogP contribution in [-0.2, 0) is 6.54 Å². The minimum Gasteiger partial charge on any atom is -0.335 e. The highest BCUT2D eigenvalue weighted by Crippen LogP contribution is 2.33. The molecule has 6 aromatic heterocycles. The summed E-state index contributed by atoms with van der Waals surface area (Å²) in [4.78, 5) is 23.1. The summed E-state index contributed by atoms with van der Waals surface area (Å²) in [5, 5.41) is 14.3. The van der Waals surface area contributed by atoms with Crippen molar-refractivity contribution in [1.82, 2.24) is 40.4 Å². The van der Waals surface area contributed by atoms with Crippen molar-refractivity contribution >= 4 is 33.4 Å². The average molecular weight is 507 g/mol. The molecule has 9 heteroatoms. The van der Waals surface area contributed by atoms with Gasteiger partial charge in [-0.2, -0.15) is 5.10 Å². The number of fused-ring (bicyclic) bond motifs is 2. The molecule has 0 bridgehead atoms. The summed E-state index contributed by atoms with van der Waals surface area (Å²) < 4.78 is 0. The molecular weight excluding hydrogens is 480 g/mol. The van der Waals surface area contributed by atoms with Gasteiger partial charge in [0, 0.05) is 46.5 Å². The highest BCUT2D eigenvalue weighted by atomic mass is 32.1. The number of imidazole rings is 1. The molecule has 0 unspecified atom stereocenters. The van der Waals surface area contributed by atoms with Crippen LogP contribution in [0.4, 0.5) is 0 Å². The van der Waals surface area contributed by atoms with Crippen molar-refractivity contribution < 1.29 is 0 Å². The van der Waals surface area contributed by atoms with Crippen LogP contribution in [0.3, 0.4) is 0 Å². The maximum atomic E-state index is 4.77. The highest BCUT2D eigenvalue weighted by Gasteiger charge is 2.17. The molecule has 0 aliphatic heterocycles. The maximum Gasteiger partial charge on any atom is 0.178 e. The third-order valence-electron chi connectivity index (χ3n) is 7.18. The van der Waals surface area contributed by atoms with E-state index in [0.29, 0.717) is 11.5 Å². The topological polar surface area (TPSA) is 108 Å². The van der Waals surface area contributed by atoms with E-state index in [4.69, 9.17) is 4.98 Å². The molecule has 0 spiro atoms. The predicted molar refractivity (Wildman–Crippen MR) is 147 cm³/mol. The fourth-order valence-corrected chi connectivity index (χ4v) is 6.03. The number of aromatic nitrogens is 7. The predicted octanol–water partition coefficient (Wildman–Crippen LogP) is 5.97.